The number of nitrogen functional groups attached to an aromatic ring is 1. The minimum Gasteiger partial charge on any atom is -0.399 e. The highest BCUT2D eigenvalue weighted by Gasteiger charge is 2.25. The number of benzene rings is 1. The van der Waals surface area contributed by atoms with Crippen molar-refractivity contribution in [3.8, 4) is 0 Å². The predicted octanol–water partition coefficient (Wildman–Crippen LogP) is 0.168. The molecule has 0 aliphatic heterocycles. The van der Waals surface area contributed by atoms with Gasteiger partial charge in [-0.2, -0.15) is 0 Å². The Bertz CT molecular complexity index is 548. The molecule has 0 aromatic heterocycles. The third kappa shape index (κ3) is 5.09. The molecule has 0 bridgehead atoms. The van der Waals surface area contributed by atoms with E-state index < -0.39 is 15.6 Å². The number of nitrogens with two attached hydrogens (primary N) is 1. The van der Waals surface area contributed by atoms with Gasteiger partial charge >= 0.3 is 0 Å². The van der Waals surface area contributed by atoms with E-state index in [4.69, 9.17) is 5.73 Å². The maximum absolute atomic E-state index is 12.2. The van der Waals surface area contributed by atoms with E-state index in [1.54, 1.807) is 30.9 Å². The summed E-state index contributed by atoms with van der Waals surface area (Å²) in [6, 6.07) is 4.64. The van der Waals surface area contributed by atoms with E-state index >= 15 is 0 Å². The molecule has 20 heavy (non-hydrogen) atoms. The van der Waals surface area contributed by atoms with Crippen LogP contribution in [-0.4, -0.2) is 51.2 Å². The van der Waals surface area contributed by atoms with Crippen LogP contribution < -0.4 is 10.5 Å². The summed E-state index contributed by atoms with van der Waals surface area (Å²) in [5, 5.41) is 10.1. The first-order chi connectivity index (χ1) is 9.02. The number of hydrogen-bond acceptors (Lipinski definition) is 5. The highest BCUT2D eigenvalue weighted by Crippen LogP contribution is 2.16. The zero-order chi connectivity index (χ0) is 15.6. The molecule has 7 heteroatoms. The van der Waals surface area contributed by atoms with Crippen LogP contribution in [0.25, 0.3) is 0 Å². The highest BCUT2D eigenvalue weighted by atomic mass is 32.2. The molecule has 1 aromatic rings. The van der Waals surface area contributed by atoms with Crippen LogP contribution in [0.3, 0.4) is 0 Å². The number of nitrogens with one attached hydrogen (secondary N) is 1. The maximum atomic E-state index is 12.2. The van der Waals surface area contributed by atoms with E-state index in [-0.39, 0.29) is 11.4 Å². The molecule has 1 rings (SSSR count). The van der Waals surface area contributed by atoms with Gasteiger partial charge in [-0.05, 0) is 51.7 Å². The average Bonchev–Trinajstić information content (AvgIpc) is 2.23. The molecule has 1 aromatic carbocycles. The first-order valence-electron chi connectivity index (χ1n) is 6.26. The number of likely N-dealkylation sites (N-methyl/N-ethyl adjacent to an activating group) is 1. The van der Waals surface area contributed by atoms with Crippen LogP contribution in [-0.2, 0) is 10.0 Å². The first kappa shape index (κ1) is 16.9. The van der Waals surface area contributed by atoms with Crippen molar-refractivity contribution in [3.63, 3.8) is 0 Å². The summed E-state index contributed by atoms with van der Waals surface area (Å²) < 4.78 is 26.8. The number of hydrogen-bond donors (Lipinski definition) is 3. The van der Waals surface area contributed by atoms with Crippen LogP contribution >= 0.6 is 0 Å². The SMILES string of the molecule is Cc1cc(N)cc(S(=O)(=O)NCC(C)(O)CN(C)C)c1. The molecule has 0 saturated heterocycles. The molecule has 4 N–H and O–H groups in total. The number of nitrogens with zero attached hydrogens (tertiary/aromatic N) is 1. The normalized spacial score (nSPS) is 15.3. The maximum Gasteiger partial charge on any atom is 0.240 e. The third-order valence-electron chi connectivity index (χ3n) is 2.68. The van der Waals surface area contributed by atoms with Gasteiger partial charge in [0.25, 0.3) is 0 Å². The quantitative estimate of drug-likeness (QED) is 0.651. The van der Waals surface area contributed by atoms with Gasteiger partial charge in [0.05, 0.1) is 10.5 Å². The molecule has 6 nitrogen and oxygen atoms in total. The van der Waals surface area contributed by atoms with Crippen LogP contribution in [0.15, 0.2) is 23.1 Å². The minimum absolute atomic E-state index is 0.0681. The second-order valence-corrected chi connectivity index (χ2v) is 7.41. The predicted molar refractivity (Wildman–Crippen MR) is 80.0 cm³/mol. The first-order valence-corrected chi connectivity index (χ1v) is 7.74. The number of sulfonamides is 1. The summed E-state index contributed by atoms with van der Waals surface area (Å²) >= 11 is 0. The van der Waals surface area contributed by atoms with Gasteiger partial charge in [0.2, 0.25) is 10.0 Å². The molecular weight excluding hydrogens is 278 g/mol. The van der Waals surface area contributed by atoms with E-state index in [9.17, 15) is 13.5 Å². The molecule has 0 aliphatic rings. The van der Waals surface area contributed by atoms with Gasteiger partial charge in [0.15, 0.2) is 0 Å². The molecule has 0 spiro atoms. The lowest BCUT2D eigenvalue weighted by Gasteiger charge is -2.27. The molecule has 1 atom stereocenters. The molecule has 1 unspecified atom stereocenters. The van der Waals surface area contributed by atoms with Gasteiger partial charge in [-0.15, -0.1) is 0 Å². The number of anilines is 1. The average molecular weight is 301 g/mol. The molecule has 0 saturated carbocycles. The zero-order valence-electron chi connectivity index (χ0n) is 12.3. The molecule has 0 heterocycles. The van der Waals surface area contributed by atoms with Crippen molar-refractivity contribution < 1.29 is 13.5 Å². The Balaban J connectivity index is 2.85. The number of rotatable bonds is 6. The van der Waals surface area contributed by atoms with Crippen molar-refractivity contribution in [3.05, 3.63) is 23.8 Å². The Morgan fingerprint density at radius 2 is 1.95 bits per heavy atom. The van der Waals surface area contributed by atoms with E-state index in [1.165, 1.54) is 6.07 Å². The van der Waals surface area contributed by atoms with Gasteiger partial charge in [0, 0.05) is 18.8 Å². The molecule has 0 amide bonds. The van der Waals surface area contributed by atoms with Crippen LogP contribution in [0, 0.1) is 6.92 Å². The van der Waals surface area contributed by atoms with E-state index in [2.05, 4.69) is 4.72 Å². The number of aliphatic hydroxyl groups is 1. The molecule has 0 aliphatic carbocycles. The fraction of sp³-hybridized carbons (Fsp3) is 0.538. The lowest BCUT2D eigenvalue weighted by Crippen LogP contribution is -2.47. The van der Waals surface area contributed by atoms with Gasteiger partial charge in [-0.3, -0.25) is 0 Å². The van der Waals surface area contributed by atoms with Crippen LogP contribution in [0.1, 0.15) is 12.5 Å². The summed E-state index contributed by atoms with van der Waals surface area (Å²) in [6.07, 6.45) is 0. The van der Waals surface area contributed by atoms with E-state index in [1.807, 2.05) is 14.1 Å². The standard InChI is InChI=1S/C13H23N3O3S/c1-10-5-11(14)7-12(6-10)20(18,19)15-8-13(2,17)9-16(3)4/h5-7,15,17H,8-9,14H2,1-4H3. The van der Waals surface area contributed by atoms with Gasteiger partial charge in [-0.1, -0.05) is 0 Å². The summed E-state index contributed by atoms with van der Waals surface area (Å²) in [6.45, 7) is 3.64. The fourth-order valence-corrected chi connectivity index (χ4v) is 3.30. The Morgan fingerprint density at radius 3 is 2.45 bits per heavy atom. The Kier molecular flexibility index (Phi) is 5.15. The van der Waals surface area contributed by atoms with Crippen molar-refractivity contribution in [1.82, 2.24) is 9.62 Å². The van der Waals surface area contributed by atoms with Crippen LogP contribution in [0.5, 0.6) is 0 Å². The topological polar surface area (TPSA) is 95.7 Å². The highest BCUT2D eigenvalue weighted by molar-refractivity contribution is 7.89. The van der Waals surface area contributed by atoms with Crippen molar-refractivity contribution >= 4 is 15.7 Å². The lowest BCUT2D eigenvalue weighted by molar-refractivity contribution is 0.0386. The summed E-state index contributed by atoms with van der Waals surface area (Å²) in [5.41, 5.74) is 5.67. The van der Waals surface area contributed by atoms with Crippen molar-refractivity contribution in [2.75, 3.05) is 32.9 Å². The van der Waals surface area contributed by atoms with Crippen molar-refractivity contribution in [1.29, 1.82) is 0 Å². The monoisotopic (exact) mass is 301 g/mol. The van der Waals surface area contributed by atoms with Crippen LogP contribution in [0.2, 0.25) is 0 Å². The summed E-state index contributed by atoms with van der Waals surface area (Å²) in [7, 11) is -0.0633. The van der Waals surface area contributed by atoms with Gasteiger partial charge in [-0.25, -0.2) is 13.1 Å². The zero-order valence-corrected chi connectivity index (χ0v) is 13.2. The fourth-order valence-electron chi connectivity index (χ4n) is 2.00. The van der Waals surface area contributed by atoms with Gasteiger partial charge < -0.3 is 15.7 Å². The largest absolute Gasteiger partial charge is 0.399 e. The summed E-state index contributed by atoms with van der Waals surface area (Å²) in [4.78, 5) is 1.90. The summed E-state index contributed by atoms with van der Waals surface area (Å²) in [5.74, 6) is 0. The van der Waals surface area contributed by atoms with Crippen molar-refractivity contribution in [2.45, 2.75) is 24.3 Å². The second kappa shape index (κ2) is 6.09. The Labute approximate surface area is 120 Å². The smallest absolute Gasteiger partial charge is 0.240 e. The number of aryl methyl sites for hydroxylation is 1. The lowest BCUT2D eigenvalue weighted by atomic mass is 10.1. The molecule has 114 valence electrons. The van der Waals surface area contributed by atoms with E-state index in [0.29, 0.717) is 12.2 Å². The van der Waals surface area contributed by atoms with Gasteiger partial charge in [0.1, 0.15) is 0 Å². The minimum atomic E-state index is -3.68. The van der Waals surface area contributed by atoms with Crippen LogP contribution in [0.4, 0.5) is 5.69 Å². The Hall–Kier alpha value is -1.15. The Morgan fingerprint density at radius 1 is 1.35 bits per heavy atom. The third-order valence-corrected chi connectivity index (χ3v) is 4.06. The second-order valence-electron chi connectivity index (χ2n) is 5.64. The molecular formula is C13H23N3O3S. The molecule has 0 radical (unpaired) electrons. The van der Waals surface area contributed by atoms with Crippen molar-refractivity contribution in [2.24, 2.45) is 0 Å². The molecule has 0 fully saturated rings. The van der Waals surface area contributed by atoms with E-state index in [0.717, 1.165) is 5.56 Å².